The van der Waals surface area contributed by atoms with E-state index in [1.165, 1.54) is 36.4 Å². The minimum absolute atomic E-state index is 0.0849. The highest BCUT2D eigenvalue weighted by Gasteiger charge is 2.20. The van der Waals surface area contributed by atoms with Crippen LogP contribution in [0.3, 0.4) is 0 Å². The van der Waals surface area contributed by atoms with E-state index < -0.39 is 5.82 Å². The molecule has 0 heterocycles. The number of halogens is 1. The van der Waals surface area contributed by atoms with Crippen molar-refractivity contribution < 1.29 is 13.9 Å². The maximum Gasteiger partial charge on any atom is 0.251 e. The van der Waals surface area contributed by atoms with Crippen molar-refractivity contribution in [2.75, 3.05) is 7.11 Å². The van der Waals surface area contributed by atoms with Crippen LogP contribution in [-0.2, 0) is 12.8 Å². The van der Waals surface area contributed by atoms with Crippen LogP contribution in [0.2, 0.25) is 0 Å². The third-order valence-corrected chi connectivity index (χ3v) is 4.10. The van der Waals surface area contributed by atoms with Gasteiger partial charge >= 0.3 is 0 Å². The molecule has 1 aliphatic carbocycles. The zero-order valence-electron chi connectivity index (χ0n) is 12.4. The van der Waals surface area contributed by atoms with Gasteiger partial charge in [-0.3, -0.25) is 4.79 Å². The molecular formula is C18H18FNO2. The zero-order chi connectivity index (χ0) is 15.5. The van der Waals surface area contributed by atoms with Crippen LogP contribution in [0.1, 0.15) is 27.9 Å². The molecular weight excluding hydrogens is 281 g/mol. The van der Waals surface area contributed by atoms with Gasteiger partial charge < -0.3 is 10.1 Å². The lowest BCUT2D eigenvalue weighted by molar-refractivity contribution is 0.0933. The minimum atomic E-state index is -0.467. The molecule has 0 radical (unpaired) electrons. The van der Waals surface area contributed by atoms with Crippen LogP contribution in [0.4, 0.5) is 4.39 Å². The van der Waals surface area contributed by atoms with E-state index in [1.807, 2.05) is 12.1 Å². The van der Waals surface area contributed by atoms with Crippen LogP contribution in [0.5, 0.6) is 5.75 Å². The predicted octanol–water partition coefficient (Wildman–Crippen LogP) is 3.12. The second kappa shape index (κ2) is 6.18. The van der Waals surface area contributed by atoms with Crippen molar-refractivity contribution in [1.82, 2.24) is 5.32 Å². The summed E-state index contributed by atoms with van der Waals surface area (Å²) in [7, 11) is 1.39. The molecule has 1 atom stereocenters. The average molecular weight is 299 g/mol. The molecule has 4 heteroatoms. The summed E-state index contributed by atoms with van der Waals surface area (Å²) in [6.07, 6.45) is 2.72. The van der Waals surface area contributed by atoms with Crippen LogP contribution in [-0.4, -0.2) is 19.1 Å². The van der Waals surface area contributed by atoms with E-state index in [0.29, 0.717) is 5.56 Å². The molecule has 1 N–H and O–H groups in total. The standard InChI is InChI=1S/C18H18FNO2/c1-22-17-11-14(7-9-16(17)19)18(21)20-15-8-6-12-4-2-3-5-13(12)10-15/h2-5,7,9,11,15H,6,8,10H2,1H3,(H,20,21). The van der Waals surface area contributed by atoms with E-state index in [9.17, 15) is 9.18 Å². The van der Waals surface area contributed by atoms with Gasteiger partial charge in [-0.2, -0.15) is 0 Å². The third kappa shape index (κ3) is 2.96. The largest absolute Gasteiger partial charge is 0.494 e. The Morgan fingerprint density at radius 3 is 2.77 bits per heavy atom. The molecule has 0 saturated heterocycles. The van der Waals surface area contributed by atoms with Gasteiger partial charge in [0.15, 0.2) is 11.6 Å². The number of ether oxygens (including phenoxy) is 1. The first kappa shape index (κ1) is 14.6. The van der Waals surface area contributed by atoms with Crippen LogP contribution in [0.15, 0.2) is 42.5 Å². The number of nitrogens with one attached hydrogen (secondary N) is 1. The Morgan fingerprint density at radius 1 is 1.23 bits per heavy atom. The van der Waals surface area contributed by atoms with E-state index in [4.69, 9.17) is 4.74 Å². The topological polar surface area (TPSA) is 38.3 Å². The van der Waals surface area contributed by atoms with Gasteiger partial charge in [-0.15, -0.1) is 0 Å². The Morgan fingerprint density at radius 2 is 2.00 bits per heavy atom. The number of benzene rings is 2. The molecule has 0 aromatic heterocycles. The Bertz CT molecular complexity index is 699. The molecule has 114 valence electrons. The zero-order valence-corrected chi connectivity index (χ0v) is 12.4. The number of amides is 1. The van der Waals surface area contributed by atoms with Crippen molar-refractivity contribution in [2.45, 2.75) is 25.3 Å². The summed E-state index contributed by atoms with van der Waals surface area (Å²) in [5.74, 6) is -0.574. The van der Waals surface area contributed by atoms with Crippen molar-refractivity contribution in [1.29, 1.82) is 0 Å². The van der Waals surface area contributed by atoms with Crippen LogP contribution in [0.25, 0.3) is 0 Å². The molecule has 0 bridgehead atoms. The molecule has 22 heavy (non-hydrogen) atoms. The Balaban J connectivity index is 1.70. The van der Waals surface area contributed by atoms with Crippen molar-refractivity contribution >= 4 is 5.91 Å². The fraction of sp³-hybridized carbons (Fsp3) is 0.278. The lowest BCUT2D eigenvalue weighted by Crippen LogP contribution is -2.38. The van der Waals surface area contributed by atoms with Crippen LogP contribution in [0, 0.1) is 5.82 Å². The van der Waals surface area contributed by atoms with Gasteiger partial charge in [0, 0.05) is 11.6 Å². The van der Waals surface area contributed by atoms with Gasteiger partial charge in [-0.25, -0.2) is 4.39 Å². The molecule has 0 saturated carbocycles. The first-order chi connectivity index (χ1) is 10.7. The highest BCUT2D eigenvalue weighted by molar-refractivity contribution is 5.94. The maximum absolute atomic E-state index is 13.4. The molecule has 2 aromatic rings. The quantitative estimate of drug-likeness (QED) is 0.945. The normalized spacial score (nSPS) is 16.7. The summed E-state index contributed by atoms with van der Waals surface area (Å²) in [6, 6.07) is 12.6. The van der Waals surface area contributed by atoms with Gasteiger partial charge in [0.05, 0.1) is 7.11 Å². The fourth-order valence-corrected chi connectivity index (χ4v) is 2.89. The first-order valence-electron chi connectivity index (χ1n) is 7.38. The SMILES string of the molecule is COc1cc(C(=O)NC2CCc3ccccc3C2)ccc1F. The smallest absolute Gasteiger partial charge is 0.251 e. The number of methoxy groups -OCH3 is 1. The van der Waals surface area contributed by atoms with Gasteiger partial charge in [-0.1, -0.05) is 24.3 Å². The Kier molecular flexibility index (Phi) is 4.09. The summed E-state index contributed by atoms with van der Waals surface area (Å²) in [6.45, 7) is 0. The molecule has 2 aromatic carbocycles. The van der Waals surface area contributed by atoms with Gasteiger partial charge in [0.2, 0.25) is 0 Å². The monoisotopic (exact) mass is 299 g/mol. The lowest BCUT2D eigenvalue weighted by atomic mass is 9.88. The van der Waals surface area contributed by atoms with Crippen molar-refractivity contribution in [3.8, 4) is 5.75 Å². The highest BCUT2D eigenvalue weighted by Crippen LogP contribution is 2.22. The number of fused-ring (bicyclic) bond motifs is 1. The van der Waals surface area contributed by atoms with Crippen molar-refractivity contribution in [3.63, 3.8) is 0 Å². The molecule has 1 amide bonds. The van der Waals surface area contributed by atoms with Gasteiger partial charge in [0.25, 0.3) is 5.91 Å². The van der Waals surface area contributed by atoms with Crippen LogP contribution < -0.4 is 10.1 Å². The van der Waals surface area contributed by atoms with Crippen molar-refractivity contribution in [2.24, 2.45) is 0 Å². The number of rotatable bonds is 3. The highest BCUT2D eigenvalue weighted by atomic mass is 19.1. The summed E-state index contributed by atoms with van der Waals surface area (Å²) < 4.78 is 18.3. The van der Waals surface area contributed by atoms with E-state index in [1.54, 1.807) is 0 Å². The predicted molar refractivity (Wildman–Crippen MR) is 82.7 cm³/mol. The molecule has 1 aliphatic rings. The summed E-state index contributed by atoms with van der Waals surface area (Å²) in [5.41, 5.74) is 3.06. The summed E-state index contributed by atoms with van der Waals surface area (Å²) >= 11 is 0. The fourth-order valence-electron chi connectivity index (χ4n) is 2.89. The minimum Gasteiger partial charge on any atom is -0.494 e. The summed E-state index contributed by atoms with van der Waals surface area (Å²) in [4.78, 5) is 12.3. The van der Waals surface area contributed by atoms with E-state index >= 15 is 0 Å². The van der Waals surface area contributed by atoms with E-state index in [2.05, 4.69) is 17.4 Å². The number of carbonyl (C=O) groups is 1. The first-order valence-corrected chi connectivity index (χ1v) is 7.38. The molecule has 3 nitrogen and oxygen atoms in total. The Hall–Kier alpha value is -2.36. The second-order valence-corrected chi connectivity index (χ2v) is 5.53. The molecule has 0 fully saturated rings. The second-order valence-electron chi connectivity index (χ2n) is 5.53. The molecule has 0 spiro atoms. The van der Waals surface area contributed by atoms with Gasteiger partial charge in [-0.05, 0) is 48.6 Å². The lowest BCUT2D eigenvalue weighted by Gasteiger charge is -2.25. The molecule has 0 aliphatic heterocycles. The summed E-state index contributed by atoms with van der Waals surface area (Å²) in [5, 5.41) is 3.03. The maximum atomic E-state index is 13.4. The molecule has 1 unspecified atom stereocenters. The van der Waals surface area contributed by atoms with E-state index in [0.717, 1.165) is 19.3 Å². The average Bonchev–Trinajstić information content (AvgIpc) is 2.55. The molecule has 3 rings (SSSR count). The van der Waals surface area contributed by atoms with Crippen LogP contribution >= 0.6 is 0 Å². The number of aryl methyl sites for hydroxylation is 1. The number of carbonyl (C=O) groups excluding carboxylic acids is 1. The number of hydrogen-bond acceptors (Lipinski definition) is 2. The Labute approximate surface area is 129 Å². The van der Waals surface area contributed by atoms with E-state index in [-0.39, 0.29) is 17.7 Å². The van der Waals surface area contributed by atoms with Gasteiger partial charge in [0.1, 0.15) is 0 Å². The number of hydrogen-bond donors (Lipinski definition) is 1. The third-order valence-electron chi connectivity index (χ3n) is 4.10. The van der Waals surface area contributed by atoms with Crippen molar-refractivity contribution in [3.05, 3.63) is 65.0 Å².